The van der Waals surface area contributed by atoms with Gasteiger partial charge in [0.1, 0.15) is 18.3 Å². The lowest BCUT2D eigenvalue weighted by molar-refractivity contribution is -0.385. The molecule has 1 unspecified atom stereocenters. The molecule has 0 saturated carbocycles. The molecule has 1 atom stereocenters. The van der Waals surface area contributed by atoms with E-state index in [1.807, 2.05) is 19.9 Å². The predicted molar refractivity (Wildman–Crippen MR) is 165 cm³/mol. The van der Waals surface area contributed by atoms with Gasteiger partial charge in [-0.2, -0.15) is 0 Å². The molecule has 0 saturated heterocycles. The third-order valence-corrected chi connectivity index (χ3v) is 8.69. The number of nitro groups is 1. The number of hydrogen-bond acceptors (Lipinski definition) is 7. The minimum absolute atomic E-state index is 0.0203. The van der Waals surface area contributed by atoms with Crippen LogP contribution in [0.2, 0.25) is 5.02 Å². The number of nitrogens with zero attached hydrogens (tertiary/aromatic N) is 3. The molecule has 0 bridgehead atoms. The number of halogens is 1. The van der Waals surface area contributed by atoms with Crippen molar-refractivity contribution in [2.24, 2.45) is 5.92 Å². The van der Waals surface area contributed by atoms with E-state index in [2.05, 4.69) is 5.32 Å². The van der Waals surface area contributed by atoms with Crippen molar-refractivity contribution in [1.82, 2.24) is 10.2 Å². The van der Waals surface area contributed by atoms with Crippen LogP contribution in [0.3, 0.4) is 0 Å². The summed E-state index contributed by atoms with van der Waals surface area (Å²) >= 11 is 6.25. The summed E-state index contributed by atoms with van der Waals surface area (Å²) in [5.74, 6) is -0.825. The van der Waals surface area contributed by atoms with Gasteiger partial charge >= 0.3 is 0 Å². The second-order valence-electron chi connectivity index (χ2n) is 10.4. The van der Waals surface area contributed by atoms with Crippen LogP contribution in [0.25, 0.3) is 0 Å². The summed E-state index contributed by atoms with van der Waals surface area (Å²) in [5, 5.41) is 14.6. The number of ether oxygens (including phenoxy) is 1. The second-order valence-corrected chi connectivity index (χ2v) is 12.7. The lowest BCUT2D eigenvalue weighted by Crippen LogP contribution is -2.51. The molecule has 13 heteroatoms. The largest absolute Gasteiger partial charge is 0.495 e. The molecule has 3 aromatic carbocycles. The van der Waals surface area contributed by atoms with Gasteiger partial charge in [-0.1, -0.05) is 61.8 Å². The number of sulfonamides is 1. The molecule has 0 aliphatic rings. The van der Waals surface area contributed by atoms with Crippen molar-refractivity contribution in [3.8, 4) is 5.75 Å². The summed E-state index contributed by atoms with van der Waals surface area (Å²) < 4.78 is 34.5. The fourth-order valence-corrected chi connectivity index (χ4v) is 5.86. The van der Waals surface area contributed by atoms with Crippen molar-refractivity contribution in [3.63, 3.8) is 0 Å². The molecule has 0 fully saturated rings. The average Bonchev–Trinajstić information content (AvgIpc) is 2.97. The molecule has 0 spiro atoms. The Morgan fingerprint density at radius 3 is 2.33 bits per heavy atom. The van der Waals surface area contributed by atoms with E-state index in [1.165, 1.54) is 49.3 Å². The maximum Gasteiger partial charge on any atom is 0.273 e. The van der Waals surface area contributed by atoms with Gasteiger partial charge in [0, 0.05) is 29.7 Å². The Morgan fingerprint density at radius 1 is 1.05 bits per heavy atom. The van der Waals surface area contributed by atoms with E-state index < -0.39 is 49.9 Å². The van der Waals surface area contributed by atoms with Gasteiger partial charge in [0.15, 0.2) is 0 Å². The molecule has 3 rings (SSSR count). The number of benzene rings is 3. The number of hydrogen-bond donors (Lipinski definition) is 1. The molecule has 43 heavy (non-hydrogen) atoms. The number of nitrogens with one attached hydrogen (secondary N) is 1. The van der Waals surface area contributed by atoms with E-state index in [0.717, 1.165) is 15.9 Å². The van der Waals surface area contributed by atoms with E-state index in [-0.39, 0.29) is 34.5 Å². The summed E-state index contributed by atoms with van der Waals surface area (Å²) in [7, 11) is -3.27. The number of anilines is 1. The Balaban J connectivity index is 2.13. The topological polar surface area (TPSA) is 139 Å². The Bertz CT molecular complexity index is 1580. The highest BCUT2D eigenvalue weighted by molar-refractivity contribution is 7.92. The summed E-state index contributed by atoms with van der Waals surface area (Å²) in [6.45, 7) is 6.59. The maximum atomic E-state index is 14.2. The first kappa shape index (κ1) is 33.3. The monoisotopic (exact) mass is 630 g/mol. The van der Waals surface area contributed by atoms with E-state index in [4.69, 9.17) is 16.3 Å². The van der Waals surface area contributed by atoms with Crippen molar-refractivity contribution < 1.29 is 27.7 Å². The quantitative estimate of drug-likeness (QED) is 0.208. The first-order valence-electron chi connectivity index (χ1n) is 13.5. The van der Waals surface area contributed by atoms with Crippen LogP contribution in [-0.4, -0.2) is 56.3 Å². The number of carbonyl (C=O) groups excluding carboxylic acids is 2. The summed E-state index contributed by atoms with van der Waals surface area (Å²) in [4.78, 5) is 39.0. The molecule has 0 aliphatic heterocycles. The zero-order valence-electron chi connectivity index (χ0n) is 24.6. The van der Waals surface area contributed by atoms with Crippen LogP contribution in [0.4, 0.5) is 11.4 Å². The van der Waals surface area contributed by atoms with Crippen molar-refractivity contribution in [1.29, 1.82) is 0 Å². The number of aryl methyl sites for hydroxylation is 1. The molecular weight excluding hydrogens is 596 g/mol. The van der Waals surface area contributed by atoms with Crippen molar-refractivity contribution >= 4 is 44.8 Å². The molecule has 0 aliphatic carbocycles. The van der Waals surface area contributed by atoms with Gasteiger partial charge in [-0.25, -0.2) is 8.42 Å². The number of methoxy groups -OCH3 is 1. The molecular formula is C30H35ClN4O7S. The van der Waals surface area contributed by atoms with Gasteiger partial charge in [0.05, 0.1) is 22.6 Å². The Hall–Kier alpha value is -4.16. The molecule has 0 heterocycles. The molecule has 0 aromatic heterocycles. The van der Waals surface area contributed by atoms with Crippen LogP contribution in [0.1, 0.15) is 31.9 Å². The smallest absolute Gasteiger partial charge is 0.273 e. The molecule has 1 N–H and O–H groups in total. The fraction of sp³-hybridized carbons (Fsp3) is 0.333. The van der Waals surface area contributed by atoms with Gasteiger partial charge in [-0.15, -0.1) is 0 Å². The summed E-state index contributed by atoms with van der Waals surface area (Å²) in [6, 6.07) is 15.8. The molecule has 2 amide bonds. The van der Waals surface area contributed by atoms with Gasteiger partial charge in [0.25, 0.3) is 15.7 Å². The lowest BCUT2D eigenvalue weighted by Gasteiger charge is -2.32. The van der Waals surface area contributed by atoms with E-state index in [0.29, 0.717) is 6.54 Å². The fourth-order valence-electron chi connectivity index (χ4n) is 4.26. The normalized spacial score (nSPS) is 12.0. The highest BCUT2D eigenvalue weighted by Crippen LogP contribution is 2.36. The Labute approximate surface area is 256 Å². The van der Waals surface area contributed by atoms with Gasteiger partial charge in [-0.05, 0) is 49.6 Å². The van der Waals surface area contributed by atoms with E-state index in [1.54, 1.807) is 31.2 Å². The van der Waals surface area contributed by atoms with Crippen LogP contribution >= 0.6 is 11.6 Å². The maximum absolute atomic E-state index is 14.2. The van der Waals surface area contributed by atoms with E-state index in [9.17, 15) is 28.1 Å². The third-order valence-electron chi connectivity index (χ3n) is 6.70. The number of amides is 2. The van der Waals surface area contributed by atoms with Gasteiger partial charge < -0.3 is 15.0 Å². The Kier molecular flexibility index (Phi) is 11.1. The predicted octanol–water partition coefficient (Wildman–Crippen LogP) is 4.95. The summed E-state index contributed by atoms with van der Waals surface area (Å²) in [5.41, 5.74) is 0.542. The first-order chi connectivity index (χ1) is 20.3. The highest BCUT2D eigenvalue weighted by atomic mass is 35.5. The zero-order valence-corrected chi connectivity index (χ0v) is 26.2. The van der Waals surface area contributed by atoms with Crippen LogP contribution in [0.5, 0.6) is 5.75 Å². The van der Waals surface area contributed by atoms with Crippen LogP contribution in [0.15, 0.2) is 71.6 Å². The first-order valence-corrected chi connectivity index (χ1v) is 15.3. The average molecular weight is 631 g/mol. The SMILES string of the molecule is COc1ccc(Cl)cc1N(CC(=O)N(Cc1ccccc1)C(C)C(=O)NCC(C)C)S(=O)(=O)c1ccc(C)c([N+](=O)[O-])c1. The lowest BCUT2D eigenvalue weighted by atomic mass is 10.1. The standard InChI is InChI=1S/C30H35ClN4O7S/c1-20(2)17-32-30(37)22(4)33(18-23-9-7-6-8-10-23)29(36)19-34(27-15-24(31)12-14-28(27)42-5)43(40,41)25-13-11-21(3)26(16-25)35(38)39/h6-16,20,22H,17-19H2,1-5H3,(H,32,37). The minimum atomic E-state index is -4.60. The molecule has 0 radical (unpaired) electrons. The highest BCUT2D eigenvalue weighted by Gasteiger charge is 2.35. The van der Waals surface area contributed by atoms with Crippen molar-refractivity contribution in [3.05, 3.63) is 93.0 Å². The van der Waals surface area contributed by atoms with Crippen molar-refractivity contribution in [2.45, 2.75) is 45.2 Å². The molecule has 11 nitrogen and oxygen atoms in total. The number of rotatable bonds is 13. The zero-order chi connectivity index (χ0) is 31.9. The van der Waals surface area contributed by atoms with Crippen LogP contribution < -0.4 is 14.4 Å². The molecule has 3 aromatic rings. The number of carbonyl (C=O) groups is 2. The third kappa shape index (κ3) is 8.23. The van der Waals surface area contributed by atoms with Crippen LogP contribution in [0, 0.1) is 23.0 Å². The van der Waals surface area contributed by atoms with Gasteiger partial charge in [0.2, 0.25) is 11.8 Å². The van der Waals surface area contributed by atoms with Gasteiger partial charge in [-0.3, -0.25) is 24.0 Å². The Morgan fingerprint density at radius 2 is 1.72 bits per heavy atom. The summed E-state index contributed by atoms with van der Waals surface area (Å²) in [6.07, 6.45) is 0. The second kappa shape index (κ2) is 14.3. The van der Waals surface area contributed by atoms with Crippen molar-refractivity contribution in [2.75, 3.05) is 24.5 Å². The van der Waals surface area contributed by atoms with E-state index >= 15 is 0 Å². The minimum Gasteiger partial charge on any atom is -0.495 e. The van der Waals surface area contributed by atoms with Crippen LogP contribution in [-0.2, 0) is 26.2 Å². The molecule has 230 valence electrons. The number of nitro benzene ring substituents is 1.